The molecule has 0 radical (unpaired) electrons. The van der Waals surface area contributed by atoms with Gasteiger partial charge in [-0.3, -0.25) is 4.79 Å². The zero-order chi connectivity index (χ0) is 23.9. The number of hydrogen-bond acceptors (Lipinski definition) is 4. The zero-order valence-electron chi connectivity index (χ0n) is 17.2. The van der Waals surface area contributed by atoms with Crippen molar-refractivity contribution in [3.8, 4) is 22.8 Å². The van der Waals surface area contributed by atoms with E-state index in [1.807, 2.05) is 0 Å². The van der Waals surface area contributed by atoms with Crippen LogP contribution in [0.3, 0.4) is 0 Å². The van der Waals surface area contributed by atoms with E-state index in [1.54, 1.807) is 18.2 Å². The highest BCUT2D eigenvalue weighted by Crippen LogP contribution is 2.42. The SMILES string of the molecule is COc1cccc(OC)c1-c1nn(C(=O)c2c(Cl)cccc2C(F)(F)F)c2cccc(F)c12. The van der Waals surface area contributed by atoms with E-state index in [4.69, 9.17) is 21.1 Å². The number of methoxy groups -OCH3 is 2. The predicted molar refractivity (Wildman–Crippen MR) is 114 cm³/mol. The first-order valence-electron chi connectivity index (χ1n) is 9.48. The molecule has 0 bridgehead atoms. The number of alkyl halides is 3. The minimum absolute atomic E-state index is 0.0358. The summed E-state index contributed by atoms with van der Waals surface area (Å²) in [4.78, 5) is 13.3. The highest BCUT2D eigenvalue weighted by molar-refractivity contribution is 6.34. The first kappa shape index (κ1) is 22.6. The van der Waals surface area contributed by atoms with Gasteiger partial charge in [-0.25, -0.2) is 4.39 Å². The minimum atomic E-state index is -4.85. The maximum absolute atomic E-state index is 15.0. The van der Waals surface area contributed by atoms with E-state index >= 15 is 0 Å². The summed E-state index contributed by atoms with van der Waals surface area (Å²) in [5.41, 5.74) is -1.86. The van der Waals surface area contributed by atoms with Gasteiger partial charge in [0.15, 0.2) is 0 Å². The van der Waals surface area contributed by atoms with Gasteiger partial charge in [0, 0.05) is 0 Å². The number of ether oxygens (including phenoxy) is 2. The van der Waals surface area contributed by atoms with Crippen LogP contribution in [0, 0.1) is 5.82 Å². The second kappa shape index (κ2) is 8.40. The van der Waals surface area contributed by atoms with Crippen LogP contribution in [0.1, 0.15) is 15.9 Å². The molecule has 0 aliphatic heterocycles. The monoisotopic (exact) mass is 478 g/mol. The average molecular weight is 479 g/mol. The largest absolute Gasteiger partial charge is 0.496 e. The fourth-order valence-electron chi connectivity index (χ4n) is 3.63. The molecule has 0 aliphatic rings. The number of hydrogen-bond donors (Lipinski definition) is 0. The highest BCUT2D eigenvalue weighted by atomic mass is 35.5. The van der Waals surface area contributed by atoms with Crippen molar-refractivity contribution in [1.29, 1.82) is 0 Å². The lowest BCUT2D eigenvalue weighted by atomic mass is 10.0. The van der Waals surface area contributed by atoms with Crippen molar-refractivity contribution in [3.05, 3.63) is 76.6 Å². The van der Waals surface area contributed by atoms with Gasteiger partial charge in [0.1, 0.15) is 23.0 Å². The van der Waals surface area contributed by atoms with Crippen LogP contribution in [0.25, 0.3) is 22.2 Å². The number of rotatable bonds is 4. The maximum atomic E-state index is 15.0. The number of fused-ring (bicyclic) bond motifs is 1. The van der Waals surface area contributed by atoms with Gasteiger partial charge >= 0.3 is 6.18 Å². The van der Waals surface area contributed by atoms with Crippen molar-refractivity contribution in [2.45, 2.75) is 6.18 Å². The highest BCUT2D eigenvalue weighted by Gasteiger charge is 2.37. The van der Waals surface area contributed by atoms with Gasteiger partial charge in [-0.05, 0) is 36.4 Å². The van der Waals surface area contributed by atoms with E-state index in [0.717, 1.165) is 18.2 Å². The lowest BCUT2D eigenvalue weighted by molar-refractivity contribution is -0.137. The molecule has 0 atom stereocenters. The second-order valence-electron chi connectivity index (χ2n) is 6.90. The molecule has 1 heterocycles. The Bertz CT molecular complexity index is 1360. The van der Waals surface area contributed by atoms with Crippen molar-refractivity contribution in [2.24, 2.45) is 0 Å². The standard InChI is InChI=1S/C23H15ClF4N2O3/c1-32-16-10-5-11-17(33-2)20(16)21-19-14(25)8-4-9-15(19)30(29-21)22(31)18-12(23(26,27)28)6-3-7-13(18)24/h3-11H,1-2H3. The molecule has 0 fully saturated rings. The van der Waals surface area contributed by atoms with Crippen LogP contribution < -0.4 is 9.47 Å². The Morgan fingerprint density at radius 1 is 0.970 bits per heavy atom. The minimum Gasteiger partial charge on any atom is -0.496 e. The van der Waals surface area contributed by atoms with E-state index in [9.17, 15) is 22.4 Å². The Labute approximate surface area is 190 Å². The third-order valence-corrected chi connectivity index (χ3v) is 5.36. The first-order chi connectivity index (χ1) is 15.7. The molecule has 170 valence electrons. The molecule has 0 N–H and O–H groups in total. The van der Waals surface area contributed by atoms with Gasteiger partial charge in [0.2, 0.25) is 0 Å². The van der Waals surface area contributed by atoms with Crippen LogP contribution >= 0.6 is 11.6 Å². The van der Waals surface area contributed by atoms with Crippen molar-refractivity contribution < 1.29 is 31.8 Å². The van der Waals surface area contributed by atoms with Crippen molar-refractivity contribution in [2.75, 3.05) is 14.2 Å². The van der Waals surface area contributed by atoms with E-state index < -0.39 is 34.1 Å². The number of aromatic nitrogens is 2. The van der Waals surface area contributed by atoms with Gasteiger partial charge in [0.05, 0.1) is 46.8 Å². The van der Waals surface area contributed by atoms with Gasteiger partial charge in [-0.1, -0.05) is 29.8 Å². The lowest BCUT2D eigenvalue weighted by Crippen LogP contribution is -2.20. The maximum Gasteiger partial charge on any atom is 0.417 e. The Morgan fingerprint density at radius 3 is 2.18 bits per heavy atom. The molecule has 0 saturated carbocycles. The summed E-state index contributed by atoms with van der Waals surface area (Å²) in [6.07, 6.45) is -4.85. The molecule has 0 amide bonds. The second-order valence-corrected chi connectivity index (χ2v) is 7.30. The van der Waals surface area contributed by atoms with Gasteiger partial charge in [0.25, 0.3) is 5.91 Å². The molecule has 0 saturated heterocycles. The lowest BCUT2D eigenvalue weighted by Gasteiger charge is -2.13. The Hall–Kier alpha value is -3.59. The number of halogens is 5. The summed E-state index contributed by atoms with van der Waals surface area (Å²) in [5, 5.41) is 3.72. The average Bonchev–Trinajstić information content (AvgIpc) is 3.17. The van der Waals surface area contributed by atoms with Crippen LogP contribution in [-0.2, 0) is 6.18 Å². The van der Waals surface area contributed by atoms with Crippen LogP contribution in [0.4, 0.5) is 17.6 Å². The molecule has 33 heavy (non-hydrogen) atoms. The van der Waals surface area contributed by atoms with Gasteiger partial charge < -0.3 is 9.47 Å². The number of carbonyl (C=O) groups excluding carboxylic acids is 1. The molecular formula is C23H15ClF4N2O3. The zero-order valence-corrected chi connectivity index (χ0v) is 18.0. The van der Waals surface area contributed by atoms with Gasteiger partial charge in [-0.2, -0.15) is 23.0 Å². The molecule has 0 spiro atoms. The summed E-state index contributed by atoms with van der Waals surface area (Å²) in [6.45, 7) is 0. The Balaban J connectivity index is 2.06. The summed E-state index contributed by atoms with van der Waals surface area (Å²) in [5.74, 6) is -1.36. The molecule has 5 nitrogen and oxygen atoms in total. The fraction of sp³-hybridized carbons (Fsp3) is 0.130. The molecule has 0 aliphatic carbocycles. The van der Waals surface area contributed by atoms with Crippen LogP contribution in [-0.4, -0.2) is 29.9 Å². The summed E-state index contributed by atoms with van der Waals surface area (Å²) in [7, 11) is 2.77. The number of benzene rings is 3. The van der Waals surface area contributed by atoms with Gasteiger partial charge in [-0.15, -0.1) is 0 Å². The van der Waals surface area contributed by atoms with Crippen LogP contribution in [0.5, 0.6) is 11.5 Å². The Morgan fingerprint density at radius 2 is 1.58 bits per heavy atom. The smallest absolute Gasteiger partial charge is 0.417 e. The third-order valence-electron chi connectivity index (χ3n) is 5.05. The number of nitrogens with zero attached hydrogens (tertiary/aromatic N) is 2. The quantitative estimate of drug-likeness (QED) is 0.327. The van der Waals surface area contributed by atoms with Crippen molar-refractivity contribution in [1.82, 2.24) is 9.78 Å². The van der Waals surface area contributed by atoms with Crippen LogP contribution in [0.15, 0.2) is 54.6 Å². The number of carbonyl (C=O) groups is 1. The van der Waals surface area contributed by atoms with E-state index in [0.29, 0.717) is 4.68 Å². The molecule has 4 aromatic rings. The van der Waals surface area contributed by atoms with E-state index in [1.165, 1.54) is 32.4 Å². The normalized spacial score (nSPS) is 11.6. The molecule has 0 unspecified atom stereocenters. The topological polar surface area (TPSA) is 53.4 Å². The fourth-order valence-corrected chi connectivity index (χ4v) is 3.88. The van der Waals surface area contributed by atoms with Crippen molar-refractivity contribution >= 4 is 28.4 Å². The molecule has 1 aromatic heterocycles. The van der Waals surface area contributed by atoms with Crippen molar-refractivity contribution in [3.63, 3.8) is 0 Å². The molecule has 3 aromatic carbocycles. The van der Waals surface area contributed by atoms with E-state index in [2.05, 4.69) is 5.10 Å². The molecule has 4 rings (SSSR count). The third kappa shape index (κ3) is 3.78. The predicted octanol–water partition coefficient (Wildman–Crippen LogP) is 6.22. The first-order valence-corrected chi connectivity index (χ1v) is 9.85. The summed E-state index contributed by atoms with van der Waals surface area (Å²) in [6, 6.07) is 11.7. The molecular weight excluding hydrogens is 464 g/mol. The summed E-state index contributed by atoms with van der Waals surface area (Å²) < 4.78 is 67.3. The van der Waals surface area contributed by atoms with Crippen LogP contribution in [0.2, 0.25) is 5.02 Å². The Kier molecular flexibility index (Phi) is 5.75. The van der Waals surface area contributed by atoms with E-state index in [-0.39, 0.29) is 33.7 Å². The molecule has 10 heteroatoms. The summed E-state index contributed by atoms with van der Waals surface area (Å²) >= 11 is 6.01.